The Hall–Kier alpha value is -0.320. The van der Waals surface area contributed by atoms with Crippen molar-refractivity contribution in [2.45, 2.75) is 13.3 Å². The van der Waals surface area contributed by atoms with E-state index < -0.39 is 0 Å². The van der Waals surface area contributed by atoms with Crippen molar-refractivity contribution in [3.63, 3.8) is 0 Å². The molecule has 0 unspecified atom stereocenters. The van der Waals surface area contributed by atoms with Gasteiger partial charge in [-0.15, -0.1) is 0 Å². The Morgan fingerprint density at radius 2 is 0.840 bits per heavy atom. The molecule has 8 nitrogen and oxygen atoms in total. The summed E-state index contributed by atoms with van der Waals surface area (Å²) in [7, 11) is 0. The fourth-order valence-corrected chi connectivity index (χ4v) is 1.93. The van der Waals surface area contributed by atoms with Gasteiger partial charge in [0.15, 0.2) is 0 Å². The number of ether oxygens (including phenoxy) is 3. The number of aliphatic hydroxyl groups excluding tert-OH is 1. The van der Waals surface area contributed by atoms with Crippen LogP contribution in [-0.4, -0.2) is 104 Å². The molecule has 0 saturated heterocycles. The predicted octanol–water partition coefficient (Wildman–Crippen LogP) is -1.20. The summed E-state index contributed by atoms with van der Waals surface area (Å²) >= 11 is 0. The van der Waals surface area contributed by atoms with Crippen LogP contribution < -0.4 is 21.3 Å². The second kappa shape index (κ2) is 23.7. The molecule has 0 aromatic carbocycles. The molecule has 0 saturated carbocycles. The summed E-state index contributed by atoms with van der Waals surface area (Å²) in [5.74, 6) is 0. The maximum absolute atomic E-state index is 8.59. The van der Waals surface area contributed by atoms with E-state index in [2.05, 4.69) is 28.2 Å². The first kappa shape index (κ1) is 24.7. The van der Waals surface area contributed by atoms with Crippen molar-refractivity contribution in [3.05, 3.63) is 0 Å². The van der Waals surface area contributed by atoms with E-state index in [1.165, 1.54) is 0 Å². The van der Waals surface area contributed by atoms with Crippen LogP contribution >= 0.6 is 0 Å². The third kappa shape index (κ3) is 23.7. The quantitative estimate of drug-likeness (QED) is 0.153. The van der Waals surface area contributed by atoms with Gasteiger partial charge in [-0.2, -0.15) is 0 Å². The molecule has 0 aliphatic rings. The number of hydrogen-bond acceptors (Lipinski definition) is 8. The largest absolute Gasteiger partial charge is 0.395 e. The van der Waals surface area contributed by atoms with Crippen molar-refractivity contribution in [1.82, 2.24) is 21.3 Å². The number of nitrogens with one attached hydrogen (secondary N) is 4. The molecule has 0 rings (SSSR count). The number of rotatable bonds is 22. The maximum atomic E-state index is 8.59. The molecular weight excluding hydrogens is 324 g/mol. The summed E-state index contributed by atoms with van der Waals surface area (Å²) < 4.78 is 16.5. The van der Waals surface area contributed by atoms with Gasteiger partial charge in [-0.1, -0.05) is 6.92 Å². The summed E-state index contributed by atoms with van der Waals surface area (Å²) in [5, 5.41) is 21.5. The van der Waals surface area contributed by atoms with Crippen LogP contribution in [0.1, 0.15) is 13.3 Å². The van der Waals surface area contributed by atoms with E-state index in [-0.39, 0.29) is 6.61 Å². The smallest absolute Gasteiger partial charge is 0.0591 e. The molecular formula is C17H40N4O4. The average Bonchev–Trinajstić information content (AvgIpc) is 2.63. The molecule has 0 bridgehead atoms. The molecule has 0 heterocycles. The minimum absolute atomic E-state index is 0.168. The molecule has 8 heteroatoms. The minimum Gasteiger partial charge on any atom is -0.395 e. The minimum atomic E-state index is 0.168. The summed E-state index contributed by atoms with van der Waals surface area (Å²) in [5.41, 5.74) is 0. The molecule has 0 aliphatic heterocycles. The van der Waals surface area contributed by atoms with Gasteiger partial charge in [0.25, 0.3) is 0 Å². The Balaban J connectivity index is 2.94. The Labute approximate surface area is 153 Å². The normalized spacial score (nSPS) is 11.3. The molecule has 0 aliphatic carbocycles. The van der Waals surface area contributed by atoms with Crippen LogP contribution in [0.15, 0.2) is 0 Å². The van der Waals surface area contributed by atoms with Crippen LogP contribution in [0.2, 0.25) is 0 Å². The first-order valence-electron chi connectivity index (χ1n) is 9.58. The van der Waals surface area contributed by atoms with Crippen LogP contribution in [-0.2, 0) is 14.2 Å². The Kier molecular flexibility index (Phi) is 23.4. The van der Waals surface area contributed by atoms with Crippen molar-refractivity contribution in [2.24, 2.45) is 0 Å². The standard InChI is InChI=1S/C17H40N4O4/c1-2-3-18-5-12-23-14-7-20-9-16-25-17-10-21-8-15-24-13-6-19-4-11-22/h18-22H,2-17H2,1H3. The number of hydrogen-bond donors (Lipinski definition) is 5. The first-order chi connectivity index (χ1) is 12.4. The summed E-state index contributed by atoms with van der Waals surface area (Å²) in [6, 6.07) is 0. The predicted molar refractivity (Wildman–Crippen MR) is 101 cm³/mol. The van der Waals surface area contributed by atoms with Crippen LogP contribution in [0.25, 0.3) is 0 Å². The van der Waals surface area contributed by atoms with Crippen molar-refractivity contribution in [1.29, 1.82) is 0 Å². The van der Waals surface area contributed by atoms with Crippen molar-refractivity contribution in [3.8, 4) is 0 Å². The van der Waals surface area contributed by atoms with Gasteiger partial charge in [-0.05, 0) is 13.0 Å². The molecule has 0 radical (unpaired) electrons. The lowest BCUT2D eigenvalue weighted by Crippen LogP contribution is -2.28. The van der Waals surface area contributed by atoms with E-state index in [1.54, 1.807) is 0 Å². The lowest BCUT2D eigenvalue weighted by Gasteiger charge is -2.09. The van der Waals surface area contributed by atoms with E-state index in [0.717, 1.165) is 65.4 Å². The Morgan fingerprint density at radius 1 is 0.520 bits per heavy atom. The molecule has 0 aromatic rings. The monoisotopic (exact) mass is 364 g/mol. The van der Waals surface area contributed by atoms with Gasteiger partial charge in [0.05, 0.1) is 46.2 Å². The topological polar surface area (TPSA) is 96.0 Å². The summed E-state index contributed by atoms with van der Waals surface area (Å²) in [6.07, 6.45) is 1.16. The van der Waals surface area contributed by atoms with Gasteiger partial charge in [-0.25, -0.2) is 0 Å². The lowest BCUT2D eigenvalue weighted by atomic mass is 10.5. The fraction of sp³-hybridized carbons (Fsp3) is 1.00. The first-order valence-corrected chi connectivity index (χ1v) is 9.58. The molecule has 25 heavy (non-hydrogen) atoms. The fourth-order valence-electron chi connectivity index (χ4n) is 1.93. The SMILES string of the molecule is CCCNCCOCCNCCOCCNCCOCCNCCO. The molecule has 0 amide bonds. The van der Waals surface area contributed by atoms with Gasteiger partial charge in [0, 0.05) is 45.8 Å². The van der Waals surface area contributed by atoms with Gasteiger partial charge in [0.1, 0.15) is 0 Å². The highest BCUT2D eigenvalue weighted by molar-refractivity contribution is 4.49. The molecule has 0 atom stereocenters. The van der Waals surface area contributed by atoms with Gasteiger partial charge in [-0.3, -0.25) is 0 Å². The molecule has 0 spiro atoms. The Morgan fingerprint density at radius 3 is 1.16 bits per heavy atom. The Bertz CT molecular complexity index is 217. The summed E-state index contributed by atoms with van der Waals surface area (Å²) in [6.45, 7) is 13.4. The zero-order chi connectivity index (χ0) is 18.3. The van der Waals surface area contributed by atoms with E-state index in [4.69, 9.17) is 19.3 Å². The highest BCUT2D eigenvalue weighted by atomic mass is 16.5. The van der Waals surface area contributed by atoms with Crippen LogP contribution in [0.4, 0.5) is 0 Å². The molecule has 0 aromatic heterocycles. The van der Waals surface area contributed by atoms with E-state index in [0.29, 0.717) is 33.0 Å². The van der Waals surface area contributed by atoms with Crippen LogP contribution in [0.3, 0.4) is 0 Å². The van der Waals surface area contributed by atoms with Gasteiger partial charge < -0.3 is 40.6 Å². The highest BCUT2D eigenvalue weighted by Gasteiger charge is 1.92. The van der Waals surface area contributed by atoms with Gasteiger partial charge >= 0.3 is 0 Å². The molecule has 5 N–H and O–H groups in total. The summed E-state index contributed by atoms with van der Waals surface area (Å²) in [4.78, 5) is 0. The van der Waals surface area contributed by atoms with Crippen molar-refractivity contribution >= 4 is 0 Å². The van der Waals surface area contributed by atoms with E-state index in [1.807, 2.05) is 0 Å². The third-order valence-corrected chi connectivity index (χ3v) is 3.25. The highest BCUT2D eigenvalue weighted by Crippen LogP contribution is 1.77. The van der Waals surface area contributed by atoms with Crippen LogP contribution in [0, 0.1) is 0 Å². The van der Waals surface area contributed by atoms with E-state index >= 15 is 0 Å². The maximum Gasteiger partial charge on any atom is 0.0591 e. The molecule has 0 fully saturated rings. The van der Waals surface area contributed by atoms with Crippen LogP contribution in [0.5, 0.6) is 0 Å². The van der Waals surface area contributed by atoms with E-state index in [9.17, 15) is 0 Å². The third-order valence-electron chi connectivity index (χ3n) is 3.25. The average molecular weight is 365 g/mol. The lowest BCUT2D eigenvalue weighted by molar-refractivity contribution is 0.117. The molecule has 152 valence electrons. The zero-order valence-corrected chi connectivity index (χ0v) is 16.0. The second-order valence-electron chi connectivity index (χ2n) is 5.56. The van der Waals surface area contributed by atoms with Crippen molar-refractivity contribution in [2.75, 3.05) is 98.6 Å². The van der Waals surface area contributed by atoms with Gasteiger partial charge in [0.2, 0.25) is 0 Å². The number of aliphatic hydroxyl groups is 1. The second-order valence-corrected chi connectivity index (χ2v) is 5.56. The zero-order valence-electron chi connectivity index (χ0n) is 16.0. The van der Waals surface area contributed by atoms with Crippen molar-refractivity contribution < 1.29 is 19.3 Å².